The lowest BCUT2D eigenvalue weighted by Crippen LogP contribution is -2.45. The summed E-state index contributed by atoms with van der Waals surface area (Å²) in [6.45, 7) is 6.59. The summed E-state index contributed by atoms with van der Waals surface area (Å²) >= 11 is 0. The van der Waals surface area contributed by atoms with Crippen molar-refractivity contribution < 1.29 is 9.53 Å². The fourth-order valence-corrected chi connectivity index (χ4v) is 2.16. The van der Waals surface area contributed by atoms with E-state index in [9.17, 15) is 4.79 Å². The first-order chi connectivity index (χ1) is 8.26. The van der Waals surface area contributed by atoms with Gasteiger partial charge < -0.3 is 9.30 Å². The molecule has 0 amide bonds. The molecule has 1 aliphatic rings. The molecule has 17 heavy (non-hydrogen) atoms. The van der Waals surface area contributed by atoms with Crippen LogP contribution in [0, 0.1) is 0 Å². The van der Waals surface area contributed by atoms with Crippen LogP contribution in [-0.2, 0) is 22.6 Å². The van der Waals surface area contributed by atoms with Crippen molar-refractivity contribution in [1.29, 1.82) is 0 Å². The van der Waals surface area contributed by atoms with Crippen molar-refractivity contribution in [2.75, 3.05) is 13.2 Å². The molecule has 0 aromatic carbocycles. The molecule has 1 atom stereocenters. The first-order valence-electron chi connectivity index (χ1n) is 6.03. The number of carbonyl (C=O) groups excluding carboxylic acids is 1. The minimum atomic E-state index is -0.166. The summed E-state index contributed by atoms with van der Waals surface area (Å²) in [6, 6.07) is -0.166. The fraction of sp³-hybridized carbons (Fsp3) is 0.727. The SMILES string of the molecule is CCOC(=O)C(CC)N1CCn2cnnc2C1. The largest absolute Gasteiger partial charge is 0.465 e. The zero-order valence-electron chi connectivity index (χ0n) is 10.3. The van der Waals surface area contributed by atoms with Crippen molar-refractivity contribution in [2.24, 2.45) is 0 Å². The van der Waals surface area contributed by atoms with E-state index in [0.717, 1.165) is 25.3 Å². The highest BCUT2D eigenvalue weighted by atomic mass is 16.5. The topological polar surface area (TPSA) is 60.2 Å². The molecule has 1 aromatic rings. The first-order valence-corrected chi connectivity index (χ1v) is 6.03. The van der Waals surface area contributed by atoms with Crippen molar-refractivity contribution >= 4 is 5.97 Å². The third-order valence-electron chi connectivity index (χ3n) is 3.05. The van der Waals surface area contributed by atoms with Crippen molar-refractivity contribution in [1.82, 2.24) is 19.7 Å². The van der Waals surface area contributed by atoms with Gasteiger partial charge in [-0.2, -0.15) is 0 Å². The van der Waals surface area contributed by atoms with Crippen LogP contribution in [0.15, 0.2) is 6.33 Å². The molecule has 1 aliphatic heterocycles. The molecule has 0 fully saturated rings. The van der Waals surface area contributed by atoms with Crippen LogP contribution in [0.1, 0.15) is 26.1 Å². The minimum Gasteiger partial charge on any atom is -0.465 e. The van der Waals surface area contributed by atoms with Gasteiger partial charge in [0.2, 0.25) is 0 Å². The summed E-state index contributed by atoms with van der Waals surface area (Å²) in [5.74, 6) is 0.780. The molecule has 94 valence electrons. The molecule has 0 spiro atoms. The number of hydrogen-bond donors (Lipinski definition) is 0. The molecular formula is C11H18N4O2. The van der Waals surface area contributed by atoms with E-state index in [1.54, 1.807) is 6.33 Å². The Morgan fingerprint density at radius 1 is 1.53 bits per heavy atom. The van der Waals surface area contributed by atoms with Crippen LogP contribution in [0.25, 0.3) is 0 Å². The predicted octanol–water partition coefficient (Wildman–Crippen LogP) is 0.435. The molecule has 0 N–H and O–H groups in total. The molecule has 6 heteroatoms. The van der Waals surface area contributed by atoms with E-state index in [4.69, 9.17) is 4.74 Å². The third kappa shape index (κ3) is 2.46. The van der Waals surface area contributed by atoms with Gasteiger partial charge in [0.1, 0.15) is 18.2 Å². The Morgan fingerprint density at radius 2 is 2.35 bits per heavy atom. The van der Waals surface area contributed by atoms with E-state index in [1.807, 2.05) is 18.4 Å². The monoisotopic (exact) mass is 238 g/mol. The molecule has 2 rings (SSSR count). The predicted molar refractivity (Wildman–Crippen MR) is 61.1 cm³/mol. The fourth-order valence-electron chi connectivity index (χ4n) is 2.16. The Balaban J connectivity index is 2.05. The molecule has 0 bridgehead atoms. The number of nitrogens with zero attached hydrogens (tertiary/aromatic N) is 4. The maximum absolute atomic E-state index is 11.8. The van der Waals surface area contributed by atoms with Gasteiger partial charge in [-0.15, -0.1) is 10.2 Å². The summed E-state index contributed by atoms with van der Waals surface area (Å²) in [5.41, 5.74) is 0. The lowest BCUT2D eigenvalue weighted by molar-refractivity contribution is -0.150. The van der Waals surface area contributed by atoms with E-state index in [0.29, 0.717) is 13.2 Å². The number of rotatable bonds is 4. The molecule has 1 unspecified atom stereocenters. The molecule has 6 nitrogen and oxygen atoms in total. The van der Waals surface area contributed by atoms with Crippen molar-refractivity contribution in [2.45, 2.75) is 39.4 Å². The third-order valence-corrected chi connectivity index (χ3v) is 3.05. The van der Waals surface area contributed by atoms with E-state index in [2.05, 4.69) is 15.1 Å². The zero-order chi connectivity index (χ0) is 12.3. The van der Waals surface area contributed by atoms with E-state index < -0.39 is 0 Å². The summed E-state index contributed by atoms with van der Waals surface area (Å²) in [7, 11) is 0. The van der Waals surface area contributed by atoms with Crippen molar-refractivity contribution in [3.05, 3.63) is 12.2 Å². The van der Waals surface area contributed by atoms with Crippen LogP contribution in [0.5, 0.6) is 0 Å². The number of ether oxygens (including phenoxy) is 1. The molecule has 2 heterocycles. The lowest BCUT2D eigenvalue weighted by atomic mass is 10.1. The maximum Gasteiger partial charge on any atom is 0.323 e. The van der Waals surface area contributed by atoms with E-state index in [1.165, 1.54) is 0 Å². The van der Waals surface area contributed by atoms with Gasteiger partial charge in [-0.05, 0) is 13.3 Å². The van der Waals surface area contributed by atoms with Gasteiger partial charge in [0.15, 0.2) is 0 Å². The smallest absolute Gasteiger partial charge is 0.323 e. The quantitative estimate of drug-likeness (QED) is 0.712. The molecule has 0 aliphatic carbocycles. The lowest BCUT2D eigenvalue weighted by Gasteiger charge is -2.32. The van der Waals surface area contributed by atoms with Crippen molar-refractivity contribution in [3.63, 3.8) is 0 Å². The van der Waals surface area contributed by atoms with Gasteiger partial charge in [0, 0.05) is 13.1 Å². The molecule has 0 saturated carbocycles. The summed E-state index contributed by atoms with van der Waals surface area (Å²) in [4.78, 5) is 13.9. The van der Waals surface area contributed by atoms with Crippen LogP contribution in [0.3, 0.4) is 0 Å². The second-order valence-corrected chi connectivity index (χ2v) is 4.09. The average molecular weight is 238 g/mol. The molecular weight excluding hydrogens is 220 g/mol. The standard InChI is InChI=1S/C11H18N4O2/c1-3-9(11(16)17-4-2)14-5-6-15-8-12-13-10(15)7-14/h8-9H,3-7H2,1-2H3. The van der Waals surface area contributed by atoms with Gasteiger partial charge in [0.25, 0.3) is 0 Å². The summed E-state index contributed by atoms with van der Waals surface area (Å²) in [5, 5.41) is 7.92. The van der Waals surface area contributed by atoms with E-state index in [-0.39, 0.29) is 12.0 Å². The van der Waals surface area contributed by atoms with Gasteiger partial charge in [-0.25, -0.2) is 0 Å². The molecule has 1 aromatic heterocycles. The normalized spacial score (nSPS) is 17.5. The van der Waals surface area contributed by atoms with Gasteiger partial charge in [-0.3, -0.25) is 9.69 Å². The van der Waals surface area contributed by atoms with Crippen molar-refractivity contribution in [3.8, 4) is 0 Å². The number of hydrogen-bond acceptors (Lipinski definition) is 5. The van der Waals surface area contributed by atoms with Crippen LogP contribution in [0.2, 0.25) is 0 Å². The summed E-state index contributed by atoms with van der Waals surface area (Å²) in [6.07, 6.45) is 2.49. The minimum absolute atomic E-state index is 0.136. The Bertz CT molecular complexity index is 391. The molecule has 0 saturated heterocycles. The highest BCUT2D eigenvalue weighted by molar-refractivity contribution is 5.75. The number of esters is 1. The first kappa shape index (κ1) is 12.0. The highest BCUT2D eigenvalue weighted by Crippen LogP contribution is 2.15. The van der Waals surface area contributed by atoms with Crippen LogP contribution in [0.4, 0.5) is 0 Å². The van der Waals surface area contributed by atoms with Gasteiger partial charge in [0.05, 0.1) is 13.2 Å². The second kappa shape index (κ2) is 5.27. The molecule has 0 radical (unpaired) electrons. The Hall–Kier alpha value is -1.43. The Labute approximate surface area is 101 Å². The Morgan fingerprint density at radius 3 is 3.06 bits per heavy atom. The maximum atomic E-state index is 11.8. The second-order valence-electron chi connectivity index (χ2n) is 4.09. The zero-order valence-corrected chi connectivity index (χ0v) is 10.3. The van der Waals surface area contributed by atoms with Crippen LogP contribution < -0.4 is 0 Å². The number of aromatic nitrogens is 3. The van der Waals surface area contributed by atoms with Gasteiger partial charge >= 0.3 is 5.97 Å². The van der Waals surface area contributed by atoms with Crippen LogP contribution >= 0.6 is 0 Å². The number of carbonyl (C=O) groups is 1. The number of fused-ring (bicyclic) bond motifs is 1. The Kier molecular flexibility index (Phi) is 3.73. The summed E-state index contributed by atoms with van der Waals surface area (Å²) < 4.78 is 7.12. The average Bonchev–Trinajstić information content (AvgIpc) is 2.77. The van der Waals surface area contributed by atoms with Gasteiger partial charge in [-0.1, -0.05) is 6.92 Å². The highest BCUT2D eigenvalue weighted by Gasteiger charge is 2.29. The van der Waals surface area contributed by atoms with E-state index >= 15 is 0 Å². The van der Waals surface area contributed by atoms with Crippen LogP contribution in [-0.4, -0.2) is 44.8 Å².